The molecule has 1 aromatic rings. The number of nitrogens with zero attached hydrogens (tertiary/aromatic N) is 1. The first kappa shape index (κ1) is 13.0. The summed E-state index contributed by atoms with van der Waals surface area (Å²) >= 11 is 0. The van der Waals surface area contributed by atoms with Crippen molar-refractivity contribution in [1.82, 2.24) is 4.98 Å². The van der Waals surface area contributed by atoms with Crippen LogP contribution in [0, 0.1) is 5.92 Å². The van der Waals surface area contributed by atoms with Gasteiger partial charge in [0.1, 0.15) is 0 Å². The van der Waals surface area contributed by atoms with Gasteiger partial charge in [-0.25, -0.2) is 0 Å². The second-order valence-electron chi connectivity index (χ2n) is 4.75. The fourth-order valence-corrected chi connectivity index (χ4v) is 2.35. The van der Waals surface area contributed by atoms with Crippen LogP contribution in [0.15, 0.2) is 24.4 Å². The van der Waals surface area contributed by atoms with Crippen molar-refractivity contribution < 1.29 is 14.6 Å². The molecule has 1 aromatic heterocycles. The molecule has 2 rings (SSSR count). The molecule has 4 heteroatoms. The molecule has 1 N–H and O–H groups in total. The third kappa shape index (κ3) is 3.81. The highest BCUT2D eigenvalue weighted by Crippen LogP contribution is 2.26. The number of pyridine rings is 1. The van der Waals surface area contributed by atoms with E-state index in [9.17, 15) is 4.79 Å². The maximum absolute atomic E-state index is 10.8. The van der Waals surface area contributed by atoms with E-state index in [0.717, 1.165) is 37.8 Å². The molecular formula is C14H19NO3. The molecule has 0 spiro atoms. The van der Waals surface area contributed by atoms with Crippen LogP contribution in [0.1, 0.15) is 31.4 Å². The Morgan fingerprint density at radius 2 is 2.11 bits per heavy atom. The fourth-order valence-electron chi connectivity index (χ4n) is 2.35. The molecular weight excluding hydrogens is 230 g/mol. The third-order valence-corrected chi connectivity index (χ3v) is 3.46. The first-order valence-electron chi connectivity index (χ1n) is 6.50. The van der Waals surface area contributed by atoms with E-state index in [2.05, 4.69) is 4.98 Å². The van der Waals surface area contributed by atoms with Crippen molar-refractivity contribution in [2.24, 2.45) is 5.92 Å². The molecule has 18 heavy (non-hydrogen) atoms. The van der Waals surface area contributed by atoms with Crippen LogP contribution in [0.2, 0.25) is 0 Å². The lowest BCUT2D eigenvalue weighted by molar-refractivity contribution is -0.143. The monoisotopic (exact) mass is 249 g/mol. The maximum atomic E-state index is 10.8. The number of hydrogen-bond donors (Lipinski definition) is 1. The molecule has 0 aliphatic heterocycles. The van der Waals surface area contributed by atoms with E-state index in [0.29, 0.717) is 6.61 Å². The van der Waals surface area contributed by atoms with Crippen LogP contribution >= 0.6 is 0 Å². The summed E-state index contributed by atoms with van der Waals surface area (Å²) in [5.74, 6) is -0.831. The van der Waals surface area contributed by atoms with Crippen molar-refractivity contribution in [1.29, 1.82) is 0 Å². The second-order valence-corrected chi connectivity index (χ2v) is 4.75. The van der Waals surface area contributed by atoms with Gasteiger partial charge in [0.15, 0.2) is 0 Å². The molecule has 0 saturated heterocycles. The number of rotatable bonds is 5. The zero-order valence-electron chi connectivity index (χ0n) is 10.4. The standard InChI is InChI=1S/C14H19NO3/c16-14(17)11-4-6-13(7-5-11)18-10-8-12-3-1-2-9-15-12/h1-3,9,11,13H,4-8,10H2,(H,16,17). The van der Waals surface area contributed by atoms with Gasteiger partial charge in [0, 0.05) is 18.3 Å². The Balaban J connectivity index is 1.65. The molecule has 0 radical (unpaired) electrons. The number of aromatic nitrogens is 1. The first-order valence-corrected chi connectivity index (χ1v) is 6.50. The van der Waals surface area contributed by atoms with Gasteiger partial charge in [-0.15, -0.1) is 0 Å². The lowest BCUT2D eigenvalue weighted by Crippen LogP contribution is -2.26. The summed E-state index contributed by atoms with van der Waals surface area (Å²) in [6.45, 7) is 0.666. The Kier molecular flexibility index (Phi) is 4.70. The predicted molar refractivity (Wildman–Crippen MR) is 67.3 cm³/mol. The molecule has 0 bridgehead atoms. The molecule has 1 heterocycles. The summed E-state index contributed by atoms with van der Waals surface area (Å²) in [7, 11) is 0. The van der Waals surface area contributed by atoms with Crippen molar-refractivity contribution in [3.8, 4) is 0 Å². The minimum Gasteiger partial charge on any atom is -0.481 e. The smallest absolute Gasteiger partial charge is 0.306 e. The van der Waals surface area contributed by atoms with Gasteiger partial charge in [0.2, 0.25) is 0 Å². The molecule has 4 nitrogen and oxygen atoms in total. The van der Waals surface area contributed by atoms with E-state index in [1.807, 2.05) is 18.2 Å². The van der Waals surface area contributed by atoms with E-state index in [-0.39, 0.29) is 12.0 Å². The van der Waals surface area contributed by atoms with E-state index in [1.165, 1.54) is 0 Å². The number of carbonyl (C=O) groups is 1. The highest BCUT2D eigenvalue weighted by molar-refractivity contribution is 5.70. The fraction of sp³-hybridized carbons (Fsp3) is 0.571. The summed E-state index contributed by atoms with van der Waals surface area (Å²) < 4.78 is 5.78. The molecule has 0 aromatic carbocycles. The SMILES string of the molecule is O=C(O)C1CCC(OCCc2ccccn2)CC1. The first-order chi connectivity index (χ1) is 8.75. The molecule has 1 fully saturated rings. The van der Waals surface area contributed by atoms with Crippen molar-refractivity contribution in [2.45, 2.75) is 38.2 Å². The van der Waals surface area contributed by atoms with Gasteiger partial charge in [-0.1, -0.05) is 6.07 Å². The van der Waals surface area contributed by atoms with Gasteiger partial charge in [0.25, 0.3) is 0 Å². The molecule has 0 atom stereocenters. The number of hydrogen-bond acceptors (Lipinski definition) is 3. The van der Waals surface area contributed by atoms with Crippen LogP contribution in [0.25, 0.3) is 0 Å². The zero-order chi connectivity index (χ0) is 12.8. The largest absolute Gasteiger partial charge is 0.481 e. The van der Waals surface area contributed by atoms with Crippen LogP contribution in [0.3, 0.4) is 0 Å². The highest BCUT2D eigenvalue weighted by atomic mass is 16.5. The van der Waals surface area contributed by atoms with Gasteiger partial charge >= 0.3 is 5.97 Å². The van der Waals surface area contributed by atoms with Crippen LogP contribution in [-0.4, -0.2) is 28.8 Å². The third-order valence-electron chi connectivity index (χ3n) is 3.46. The quantitative estimate of drug-likeness (QED) is 0.869. The Morgan fingerprint density at radius 3 is 2.72 bits per heavy atom. The minimum atomic E-state index is -0.665. The normalized spacial score (nSPS) is 23.8. The van der Waals surface area contributed by atoms with Crippen molar-refractivity contribution in [2.75, 3.05) is 6.61 Å². The highest BCUT2D eigenvalue weighted by Gasteiger charge is 2.26. The molecule has 1 aliphatic rings. The lowest BCUT2D eigenvalue weighted by Gasteiger charge is -2.26. The van der Waals surface area contributed by atoms with Crippen molar-refractivity contribution in [3.05, 3.63) is 30.1 Å². The number of ether oxygens (including phenoxy) is 1. The molecule has 98 valence electrons. The van der Waals surface area contributed by atoms with E-state index in [1.54, 1.807) is 6.20 Å². The van der Waals surface area contributed by atoms with E-state index < -0.39 is 5.97 Å². The summed E-state index contributed by atoms with van der Waals surface area (Å²) in [6.07, 6.45) is 6.03. The van der Waals surface area contributed by atoms with Crippen LogP contribution < -0.4 is 0 Å². The number of carboxylic acid groups (broad SMARTS) is 1. The van der Waals surface area contributed by atoms with Crippen molar-refractivity contribution in [3.63, 3.8) is 0 Å². The predicted octanol–water partition coefficient (Wildman–Crippen LogP) is 2.28. The zero-order valence-corrected chi connectivity index (χ0v) is 10.4. The van der Waals surface area contributed by atoms with Gasteiger partial charge in [-0.3, -0.25) is 9.78 Å². The summed E-state index contributed by atoms with van der Waals surface area (Å²) in [4.78, 5) is 15.0. The van der Waals surface area contributed by atoms with Crippen LogP contribution in [0.4, 0.5) is 0 Å². The van der Waals surface area contributed by atoms with Gasteiger partial charge in [-0.2, -0.15) is 0 Å². The van der Waals surface area contributed by atoms with Crippen molar-refractivity contribution >= 4 is 5.97 Å². The molecule has 0 unspecified atom stereocenters. The van der Waals surface area contributed by atoms with Gasteiger partial charge < -0.3 is 9.84 Å². The topological polar surface area (TPSA) is 59.4 Å². The maximum Gasteiger partial charge on any atom is 0.306 e. The summed E-state index contributed by atoms with van der Waals surface area (Å²) in [5, 5.41) is 8.90. The molecule has 0 amide bonds. The average Bonchev–Trinajstić information content (AvgIpc) is 2.40. The van der Waals surface area contributed by atoms with Gasteiger partial charge in [0.05, 0.1) is 18.6 Å². The Labute approximate surface area is 107 Å². The number of aliphatic carboxylic acids is 1. The average molecular weight is 249 g/mol. The Morgan fingerprint density at radius 1 is 1.33 bits per heavy atom. The summed E-state index contributed by atoms with van der Waals surface area (Å²) in [6, 6.07) is 5.86. The van der Waals surface area contributed by atoms with Crippen LogP contribution in [-0.2, 0) is 16.0 Å². The second kappa shape index (κ2) is 6.50. The Hall–Kier alpha value is -1.42. The minimum absolute atomic E-state index is 0.166. The van der Waals surface area contributed by atoms with E-state index in [4.69, 9.17) is 9.84 Å². The molecule has 1 saturated carbocycles. The number of carboxylic acids is 1. The summed E-state index contributed by atoms with van der Waals surface area (Å²) in [5.41, 5.74) is 1.04. The van der Waals surface area contributed by atoms with Crippen LogP contribution in [0.5, 0.6) is 0 Å². The Bertz CT molecular complexity index is 372. The van der Waals surface area contributed by atoms with E-state index >= 15 is 0 Å². The van der Waals surface area contributed by atoms with Gasteiger partial charge in [-0.05, 0) is 37.8 Å². The lowest BCUT2D eigenvalue weighted by atomic mass is 9.87. The molecule has 1 aliphatic carbocycles.